The molecule has 0 aliphatic rings. The van der Waals surface area contributed by atoms with E-state index in [1.54, 1.807) is 12.1 Å². The molecular weight excluding hydrogens is 231 g/mol. The van der Waals surface area contributed by atoms with Crippen molar-refractivity contribution in [2.24, 2.45) is 0 Å². The van der Waals surface area contributed by atoms with Crippen LogP contribution >= 0.6 is 0 Å². The number of carbonyl (C=O) groups excluding carboxylic acids is 1. The van der Waals surface area contributed by atoms with E-state index in [0.717, 1.165) is 12.1 Å². The van der Waals surface area contributed by atoms with Crippen molar-refractivity contribution in [3.05, 3.63) is 35.6 Å². The molecule has 2 N–H and O–H groups in total. The number of benzene rings is 1. The second-order valence-corrected chi connectivity index (χ2v) is 4.95. The molecule has 0 saturated carbocycles. The highest BCUT2D eigenvalue weighted by atomic mass is 19.1. The summed E-state index contributed by atoms with van der Waals surface area (Å²) in [6.45, 7) is 7.63. The summed E-state index contributed by atoms with van der Waals surface area (Å²) >= 11 is 0. The van der Waals surface area contributed by atoms with Gasteiger partial charge in [-0.25, -0.2) is 4.39 Å². The highest BCUT2D eigenvalue weighted by molar-refractivity contribution is 5.78. The van der Waals surface area contributed by atoms with Crippen LogP contribution in [0.3, 0.4) is 0 Å². The van der Waals surface area contributed by atoms with Crippen LogP contribution in [0.5, 0.6) is 0 Å². The van der Waals surface area contributed by atoms with E-state index in [0.29, 0.717) is 13.1 Å². The third-order valence-corrected chi connectivity index (χ3v) is 2.89. The number of hydrogen-bond donors (Lipinski definition) is 2. The molecule has 0 fully saturated rings. The Bertz CT molecular complexity index is 387. The van der Waals surface area contributed by atoms with Gasteiger partial charge in [-0.15, -0.1) is 0 Å². The van der Waals surface area contributed by atoms with Crippen molar-refractivity contribution in [3.63, 3.8) is 0 Å². The first-order valence-corrected chi connectivity index (χ1v) is 6.19. The summed E-state index contributed by atoms with van der Waals surface area (Å²) in [6.07, 6.45) is 0. The van der Waals surface area contributed by atoms with Gasteiger partial charge in [-0.3, -0.25) is 4.79 Å². The normalized spacial score (nSPS) is 11.3. The van der Waals surface area contributed by atoms with Gasteiger partial charge >= 0.3 is 0 Å². The number of amides is 1. The van der Waals surface area contributed by atoms with Gasteiger partial charge in [-0.05, 0) is 24.2 Å². The van der Waals surface area contributed by atoms with E-state index in [-0.39, 0.29) is 17.1 Å². The molecule has 0 unspecified atom stereocenters. The van der Waals surface area contributed by atoms with E-state index >= 15 is 0 Å². The summed E-state index contributed by atoms with van der Waals surface area (Å²) in [5.41, 5.74) is 0.794. The van der Waals surface area contributed by atoms with Crippen molar-refractivity contribution >= 4 is 5.91 Å². The van der Waals surface area contributed by atoms with Crippen molar-refractivity contribution in [2.45, 2.75) is 26.2 Å². The summed E-state index contributed by atoms with van der Waals surface area (Å²) in [5.74, 6) is -0.266. The minimum atomic E-state index is -0.245. The molecule has 1 aromatic carbocycles. The largest absolute Gasteiger partial charge is 0.354 e. The van der Waals surface area contributed by atoms with Crippen LogP contribution in [0.2, 0.25) is 0 Å². The van der Waals surface area contributed by atoms with Gasteiger partial charge in [-0.1, -0.05) is 32.9 Å². The van der Waals surface area contributed by atoms with Crippen molar-refractivity contribution in [1.29, 1.82) is 0 Å². The Kier molecular flexibility index (Phi) is 5.28. The van der Waals surface area contributed by atoms with Crippen LogP contribution in [0.1, 0.15) is 26.3 Å². The highest BCUT2D eigenvalue weighted by Gasteiger charge is 2.21. The maximum atomic E-state index is 12.9. The molecule has 0 saturated heterocycles. The minimum Gasteiger partial charge on any atom is -0.354 e. The third-order valence-electron chi connectivity index (χ3n) is 2.89. The number of carbonyl (C=O) groups is 1. The quantitative estimate of drug-likeness (QED) is 0.811. The molecule has 1 aromatic rings. The lowest BCUT2D eigenvalue weighted by Crippen LogP contribution is -2.40. The summed E-state index contributed by atoms with van der Waals surface area (Å²) in [7, 11) is 0. The summed E-state index contributed by atoms with van der Waals surface area (Å²) in [5, 5.41) is 5.85. The molecule has 0 aromatic heterocycles. The van der Waals surface area contributed by atoms with Crippen LogP contribution in [-0.2, 0) is 10.2 Å². The third kappa shape index (κ3) is 4.45. The molecule has 4 heteroatoms. The molecule has 0 radical (unpaired) electrons. The topological polar surface area (TPSA) is 41.1 Å². The lowest BCUT2D eigenvalue weighted by Gasteiger charge is -2.25. The smallest absolute Gasteiger partial charge is 0.233 e. The Morgan fingerprint density at radius 1 is 1.28 bits per heavy atom. The standard InChI is InChI=1S/C14H21FN2O/c1-4-16-9-13(18)17-10-14(2,3)11-5-7-12(15)8-6-11/h5-8,16H,4,9-10H2,1-3H3,(H,17,18). The number of halogens is 1. The fourth-order valence-corrected chi connectivity index (χ4v) is 1.62. The van der Waals surface area contributed by atoms with Gasteiger partial charge in [0.25, 0.3) is 0 Å². The van der Waals surface area contributed by atoms with Crippen LogP contribution in [0, 0.1) is 5.82 Å². The van der Waals surface area contributed by atoms with Crippen LogP contribution < -0.4 is 10.6 Å². The SMILES string of the molecule is CCNCC(=O)NCC(C)(C)c1ccc(F)cc1. The lowest BCUT2D eigenvalue weighted by atomic mass is 9.84. The fraction of sp³-hybridized carbons (Fsp3) is 0.500. The van der Waals surface area contributed by atoms with E-state index in [4.69, 9.17) is 0 Å². The molecular formula is C14H21FN2O. The minimum absolute atomic E-state index is 0.0213. The van der Waals surface area contributed by atoms with Gasteiger partial charge in [0.05, 0.1) is 6.54 Å². The van der Waals surface area contributed by atoms with E-state index in [9.17, 15) is 9.18 Å². The summed E-state index contributed by atoms with van der Waals surface area (Å²) in [6, 6.07) is 6.40. The molecule has 1 rings (SSSR count). The first-order valence-electron chi connectivity index (χ1n) is 6.19. The summed E-state index contributed by atoms with van der Waals surface area (Å²) < 4.78 is 12.9. The lowest BCUT2D eigenvalue weighted by molar-refractivity contribution is -0.120. The van der Waals surface area contributed by atoms with Crippen molar-refractivity contribution in [3.8, 4) is 0 Å². The van der Waals surface area contributed by atoms with Crippen LogP contribution in [0.4, 0.5) is 4.39 Å². The molecule has 0 aliphatic carbocycles. The van der Waals surface area contributed by atoms with Gasteiger partial charge in [0.15, 0.2) is 0 Å². The molecule has 0 atom stereocenters. The van der Waals surface area contributed by atoms with E-state index in [2.05, 4.69) is 10.6 Å². The molecule has 0 aliphatic heterocycles. The average molecular weight is 252 g/mol. The Morgan fingerprint density at radius 3 is 2.44 bits per heavy atom. The second kappa shape index (κ2) is 6.50. The van der Waals surface area contributed by atoms with Gasteiger partial charge in [0, 0.05) is 12.0 Å². The second-order valence-electron chi connectivity index (χ2n) is 4.95. The maximum absolute atomic E-state index is 12.9. The number of nitrogens with one attached hydrogen (secondary N) is 2. The van der Waals surface area contributed by atoms with Gasteiger partial charge in [-0.2, -0.15) is 0 Å². The number of hydrogen-bond acceptors (Lipinski definition) is 2. The van der Waals surface area contributed by atoms with Gasteiger partial charge in [0.2, 0.25) is 5.91 Å². The average Bonchev–Trinajstić information content (AvgIpc) is 2.34. The van der Waals surface area contributed by atoms with Gasteiger partial charge in [0.1, 0.15) is 5.82 Å². The zero-order chi connectivity index (χ0) is 13.6. The zero-order valence-corrected chi connectivity index (χ0v) is 11.2. The zero-order valence-electron chi connectivity index (χ0n) is 11.2. The molecule has 1 amide bonds. The Labute approximate surface area is 108 Å². The molecule has 0 spiro atoms. The molecule has 18 heavy (non-hydrogen) atoms. The molecule has 3 nitrogen and oxygen atoms in total. The van der Waals surface area contributed by atoms with Crippen molar-refractivity contribution < 1.29 is 9.18 Å². The number of likely N-dealkylation sites (N-methyl/N-ethyl adjacent to an activating group) is 1. The fourth-order valence-electron chi connectivity index (χ4n) is 1.62. The Hall–Kier alpha value is -1.42. The molecule has 0 heterocycles. The van der Waals surface area contributed by atoms with Crippen LogP contribution in [0.25, 0.3) is 0 Å². The first-order chi connectivity index (χ1) is 8.45. The van der Waals surface area contributed by atoms with E-state index < -0.39 is 0 Å². The van der Waals surface area contributed by atoms with Crippen LogP contribution in [0.15, 0.2) is 24.3 Å². The molecule has 0 bridgehead atoms. The Balaban J connectivity index is 2.54. The number of rotatable bonds is 6. The Morgan fingerprint density at radius 2 is 1.89 bits per heavy atom. The van der Waals surface area contributed by atoms with E-state index in [1.165, 1.54) is 12.1 Å². The maximum Gasteiger partial charge on any atom is 0.233 e. The monoisotopic (exact) mass is 252 g/mol. The van der Waals surface area contributed by atoms with Crippen molar-refractivity contribution in [2.75, 3.05) is 19.6 Å². The first kappa shape index (κ1) is 14.6. The summed E-state index contributed by atoms with van der Waals surface area (Å²) in [4.78, 5) is 11.5. The van der Waals surface area contributed by atoms with Crippen molar-refractivity contribution in [1.82, 2.24) is 10.6 Å². The highest BCUT2D eigenvalue weighted by Crippen LogP contribution is 2.22. The van der Waals surface area contributed by atoms with E-state index in [1.807, 2.05) is 20.8 Å². The predicted molar refractivity (Wildman–Crippen MR) is 71.0 cm³/mol. The predicted octanol–water partition coefficient (Wildman–Crippen LogP) is 1.83. The van der Waals surface area contributed by atoms with Gasteiger partial charge < -0.3 is 10.6 Å². The van der Waals surface area contributed by atoms with Crippen LogP contribution in [-0.4, -0.2) is 25.5 Å². The molecule has 100 valence electrons.